The van der Waals surface area contributed by atoms with Crippen LogP contribution in [-0.4, -0.2) is 39.4 Å². The number of nitriles is 1. The number of carbonyl (C=O) groups is 2. The minimum absolute atomic E-state index is 0.143. The number of methoxy groups -OCH3 is 1. The van der Waals surface area contributed by atoms with Crippen molar-refractivity contribution in [3.63, 3.8) is 0 Å². The number of rotatable bonds is 9. The van der Waals surface area contributed by atoms with Gasteiger partial charge in [0.25, 0.3) is 5.91 Å². The standard InChI is InChI=1S/C24H26N6O3S2/c1-3-30-20(13-26-22(32)15-8-10-16(33-2)11-9-15)28-29-24(30)34-14-21(31)27-23-18(12-25)17-6-4-5-7-19(17)35-23/h8-11H,3-7,13-14H2,1-2H3,(H,26,32)(H,27,31). The lowest BCUT2D eigenvalue weighted by Crippen LogP contribution is -2.24. The monoisotopic (exact) mass is 510 g/mol. The number of nitrogens with zero attached hydrogens (tertiary/aromatic N) is 4. The van der Waals surface area contributed by atoms with E-state index in [9.17, 15) is 14.9 Å². The van der Waals surface area contributed by atoms with Crippen LogP contribution >= 0.6 is 23.1 Å². The lowest BCUT2D eigenvalue weighted by atomic mass is 9.96. The molecule has 2 N–H and O–H groups in total. The van der Waals surface area contributed by atoms with Gasteiger partial charge in [0.05, 0.1) is 25.0 Å². The van der Waals surface area contributed by atoms with Gasteiger partial charge in [0.1, 0.15) is 16.8 Å². The Morgan fingerprint density at radius 1 is 1.23 bits per heavy atom. The quantitative estimate of drug-likeness (QED) is 0.420. The number of anilines is 1. The SMILES string of the molecule is CCn1c(CNC(=O)c2ccc(OC)cc2)nnc1SCC(=O)Nc1sc2c(c1C#N)CCCC2. The first kappa shape index (κ1) is 24.8. The minimum atomic E-state index is -0.223. The Hall–Kier alpha value is -3.36. The van der Waals surface area contributed by atoms with Crippen molar-refractivity contribution in [2.24, 2.45) is 0 Å². The molecule has 11 heteroatoms. The van der Waals surface area contributed by atoms with Gasteiger partial charge < -0.3 is 19.9 Å². The van der Waals surface area contributed by atoms with Gasteiger partial charge in [-0.1, -0.05) is 11.8 Å². The van der Waals surface area contributed by atoms with E-state index in [0.29, 0.717) is 39.4 Å². The van der Waals surface area contributed by atoms with Crippen molar-refractivity contribution >= 4 is 39.9 Å². The van der Waals surface area contributed by atoms with Crippen LogP contribution in [0.2, 0.25) is 0 Å². The third-order valence-electron chi connectivity index (χ3n) is 5.74. The first-order valence-electron chi connectivity index (χ1n) is 11.4. The van der Waals surface area contributed by atoms with Gasteiger partial charge in [0, 0.05) is 17.0 Å². The van der Waals surface area contributed by atoms with E-state index in [1.807, 2.05) is 11.5 Å². The maximum atomic E-state index is 12.6. The predicted molar refractivity (Wildman–Crippen MR) is 135 cm³/mol. The van der Waals surface area contributed by atoms with Crippen molar-refractivity contribution in [1.29, 1.82) is 5.26 Å². The molecule has 0 unspecified atom stereocenters. The Bertz CT molecular complexity index is 1260. The zero-order valence-electron chi connectivity index (χ0n) is 19.6. The normalized spacial score (nSPS) is 12.5. The zero-order valence-corrected chi connectivity index (χ0v) is 21.2. The van der Waals surface area contributed by atoms with Gasteiger partial charge in [-0.25, -0.2) is 0 Å². The number of fused-ring (bicyclic) bond motifs is 1. The fourth-order valence-electron chi connectivity index (χ4n) is 3.94. The molecule has 3 aromatic rings. The summed E-state index contributed by atoms with van der Waals surface area (Å²) in [6, 6.07) is 9.12. The fraction of sp³-hybridized carbons (Fsp3) is 0.375. The molecule has 0 spiro atoms. The Balaban J connectivity index is 1.34. The Labute approximate surface area is 211 Å². The summed E-state index contributed by atoms with van der Waals surface area (Å²) in [6.45, 7) is 2.77. The summed E-state index contributed by atoms with van der Waals surface area (Å²) in [5.74, 6) is 1.02. The van der Waals surface area contributed by atoms with Gasteiger partial charge in [0.2, 0.25) is 5.91 Å². The van der Waals surface area contributed by atoms with E-state index in [1.165, 1.54) is 28.0 Å². The number of hydrogen-bond acceptors (Lipinski definition) is 8. The van der Waals surface area contributed by atoms with Gasteiger partial charge in [-0.05, 0) is 62.4 Å². The van der Waals surface area contributed by atoms with E-state index in [-0.39, 0.29) is 24.1 Å². The van der Waals surface area contributed by atoms with Crippen molar-refractivity contribution in [1.82, 2.24) is 20.1 Å². The Morgan fingerprint density at radius 2 is 2.00 bits per heavy atom. The summed E-state index contributed by atoms with van der Waals surface area (Å²) in [7, 11) is 1.57. The van der Waals surface area contributed by atoms with Crippen LogP contribution in [0.4, 0.5) is 5.00 Å². The number of carbonyl (C=O) groups excluding carboxylic acids is 2. The lowest BCUT2D eigenvalue weighted by molar-refractivity contribution is -0.113. The first-order chi connectivity index (χ1) is 17.0. The van der Waals surface area contributed by atoms with Crippen LogP contribution in [0.5, 0.6) is 5.75 Å². The third-order valence-corrected chi connectivity index (χ3v) is 7.91. The van der Waals surface area contributed by atoms with Crippen LogP contribution in [-0.2, 0) is 30.7 Å². The van der Waals surface area contributed by atoms with Crippen LogP contribution in [0.25, 0.3) is 0 Å². The number of thioether (sulfide) groups is 1. The first-order valence-corrected chi connectivity index (χ1v) is 13.2. The van der Waals surface area contributed by atoms with Crippen LogP contribution < -0.4 is 15.4 Å². The van der Waals surface area contributed by atoms with E-state index in [2.05, 4.69) is 26.9 Å². The summed E-state index contributed by atoms with van der Waals surface area (Å²) in [5, 5.41) is 25.0. The highest BCUT2D eigenvalue weighted by Gasteiger charge is 2.22. The molecule has 35 heavy (non-hydrogen) atoms. The van der Waals surface area contributed by atoms with Crippen LogP contribution in [0.15, 0.2) is 29.4 Å². The van der Waals surface area contributed by atoms with E-state index in [0.717, 1.165) is 31.2 Å². The second-order valence-electron chi connectivity index (χ2n) is 7.92. The number of ether oxygens (including phenoxy) is 1. The second kappa shape index (κ2) is 11.4. The smallest absolute Gasteiger partial charge is 0.251 e. The van der Waals surface area contributed by atoms with Gasteiger partial charge in [0.15, 0.2) is 11.0 Å². The highest BCUT2D eigenvalue weighted by molar-refractivity contribution is 7.99. The van der Waals surface area contributed by atoms with E-state index in [4.69, 9.17) is 4.74 Å². The molecule has 2 aromatic heterocycles. The minimum Gasteiger partial charge on any atom is -0.497 e. The number of nitrogens with one attached hydrogen (secondary N) is 2. The van der Waals surface area contributed by atoms with Crippen molar-refractivity contribution in [3.8, 4) is 11.8 Å². The van der Waals surface area contributed by atoms with Crippen molar-refractivity contribution in [3.05, 3.63) is 51.7 Å². The molecule has 0 radical (unpaired) electrons. The molecule has 0 bridgehead atoms. The number of thiophene rings is 1. The topological polar surface area (TPSA) is 122 Å². The molecule has 1 aliphatic carbocycles. The summed E-state index contributed by atoms with van der Waals surface area (Å²) in [4.78, 5) is 26.3. The molecular formula is C24H26N6O3S2. The van der Waals surface area contributed by atoms with E-state index in [1.54, 1.807) is 31.4 Å². The van der Waals surface area contributed by atoms with Gasteiger partial charge in [-0.2, -0.15) is 5.26 Å². The number of hydrogen-bond donors (Lipinski definition) is 2. The Morgan fingerprint density at radius 3 is 2.71 bits per heavy atom. The predicted octanol–water partition coefficient (Wildman–Crippen LogP) is 3.78. The van der Waals surface area contributed by atoms with Crippen molar-refractivity contribution < 1.29 is 14.3 Å². The maximum Gasteiger partial charge on any atom is 0.251 e. The van der Waals surface area contributed by atoms with Crippen LogP contribution in [0.1, 0.15) is 52.0 Å². The maximum absolute atomic E-state index is 12.6. The average Bonchev–Trinajstić information content (AvgIpc) is 3.45. The molecule has 9 nitrogen and oxygen atoms in total. The van der Waals surface area contributed by atoms with Crippen molar-refractivity contribution in [2.45, 2.75) is 50.9 Å². The molecule has 2 heterocycles. The summed E-state index contributed by atoms with van der Waals surface area (Å²) in [5.41, 5.74) is 2.22. The molecule has 0 atom stereocenters. The molecule has 2 amide bonds. The van der Waals surface area contributed by atoms with Gasteiger partial charge in [-0.15, -0.1) is 21.5 Å². The lowest BCUT2D eigenvalue weighted by Gasteiger charge is -2.09. The molecule has 1 aromatic carbocycles. The van der Waals surface area contributed by atoms with E-state index < -0.39 is 0 Å². The zero-order chi connectivity index (χ0) is 24.8. The molecule has 0 aliphatic heterocycles. The fourth-order valence-corrected chi connectivity index (χ4v) is 6.02. The summed E-state index contributed by atoms with van der Waals surface area (Å²) in [6.07, 6.45) is 4.07. The molecule has 1 aliphatic rings. The highest BCUT2D eigenvalue weighted by atomic mass is 32.2. The number of benzene rings is 1. The largest absolute Gasteiger partial charge is 0.497 e. The molecular weight excluding hydrogens is 484 g/mol. The van der Waals surface area contributed by atoms with Gasteiger partial charge >= 0.3 is 0 Å². The van der Waals surface area contributed by atoms with Crippen LogP contribution in [0.3, 0.4) is 0 Å². The highest BCUT2D eigenvalue weighted by Crippen LogP contribution is 2.37. The number of aromatic nitrogens is 3. The number of amides is 2. The van der Waals surface area contributed by atoms with Crippen LogP contribution in [0, 0.1) is 11.3 Å². The van der Waals surface area contributed by atoms with E-state index >= 15 is 0 Å². The molecule has 4 rings (SSSR count). The average molecular weight is 511 g/mol. The Kier molecular flexibility index (Phi) is 8.05. The molecule has 0 fully saturated rings. The third kappa shape index (κ3) is 5.66. The molecule has 0 saturated carbocycles. The number of aryl methyl sites for hydroxylation is 1. The summed E-state index contributed by atoms with van der Waals surface area (Å²) < 4.78 is 6.99. The second-order valence-corrected chi connectivity index (χ2v) is 9.97. The molecule has 0 saturated heterocycles. The molecule has 182 valence electrons. The summed E-state index contributed by atoms with van der Waals surface area (Å²) >= 11 is 2.79. The van der Waals surface area contributed by atoms with Gasteiger partial charge in [-0.3, -0.25) is 9.59 Å². The van der Waals surface area contributed by atoms with Crippen molar-refractivity contribution in [2.75, 3.05) is 18.2 Å².